The van der Waals surface area contributed by atoms with E-state index in [9.17, 15) is 23.8 Å². The lowest BCUT2D eigenvalue weighted by atomic mass is 9.41. The lowest BCUT2D eigenvalue weighted by molar-refractivity contribution is -0.204. The predicted octanol–water partition coefficient (Wildman–Crippen LogP) is 5.36. The third kappa shape index (κ3) is 3.54. The lowest BCUT2D eigenvalue weighted by Crippen LogP contribution is -2.62. The molecule has 3 N–H and O–H groups in total. The second-order valence-corrected chi connectivity index (χ2v) is 12.3. The van der Waals surface area contributed by atoms with E-state index >= 15 is 0 Å². The van der Waals surface area contributed by atoms with Crippen molar-refractivity contribution in [2.75, 3.05) is 0 Å². The van der Waals surface area contributed by atoms with Crippen molar-refractivity contribution in [3.05, 3.63) is 0 Å². The summed E-state index contributed by atoms with van der Waals surface area (Å²) in [5, 5.41) is 31.0. The Hall–Kier alpha value is -0.750. The van der Waals surface area contributed by atoms with E-state index in [1.807, 2.05) is 0 Å². The molecule has 4 aliphatic rings. The van der Waals surface area contributed by atoms with E-state index in [1.54, 1.807) is 6.92 Å². The van der Waals surface area contributed by atoms with Crippen LogP contribution in [0.15, 0.2) is 0 Å². The van der Waals surface area contributed by atoms with Crippen LogP contribution in [0.1, 0.15) is 85.5 Å². The molecule has 0 bridgehead atoms. The average molecular weight is 457 g/mol. The number of aliphatic hydroxyl groups is 2. The molecular weight excluding hydrogens is 414 g/mol. The van der Waals surface area contributed by atoms with Crippen LogP contribution in [0.3, 0.4) is 0 Å². The van der Waals surface area contributed by atoms with Crippen LogP contribution in [0, 0.1) is 52.3 Å². The molecule has 0 aromatic heterocycles. The van der Waals surface area contributed by atoms with Gasteiger partial charge in [0.05, 0.1) is 12.2 Å². The van der Waals surface area contributed by atoms with Gasteiger partial charge in [-0.05, 0) is 97.2 Å². The molecule has 0 spiro atoms. The molecule has 0 aliphatic heterocycles. The van der Waals surface area contributed by atoms with Gasteiger partial charge >= 0.3 is 11.9 Å². The molecule has 4 rings (SSSR count). The molecule has 0 aromatic rings. The van der Waals surface area contributed by atoms with E-state index in [4.69, 9.17) is 5.11 Å². The molecule has 4 nitrogen and oxygen atoms in total. The number of aliphatic carboxylic acids is 1. The Morgan fingerprint density at radius 3 is 2.28 bits per heavy atom. The van der Waals surface area contributed by atoms with Crippen molar-refractivity contribution in [1.29, 1.82) is 0 Å². The van der Waals surface area contributed by atoms with Gasteiger partial charge in [-0.15, -0.1) is 0 Å². The molecular formula is C26H42F2O4. The molecule has 0 saturated heterocycles. The molecule has 11 atom stereocenters. The summed E-state index contributed by atoms with van der Waals surface area (Å²) >= 11 is 0. The van der Waals surface area contributed by atoms with E-state index < -0.39 is 24.4 Å². The first-order valence-corrected chi connectivity index (χ1v) is 12.8. The molecule has 4 fully saturated rings. The molecule has 0 heterocycles. The fourth-order valence-corrected chi connectivity index (χ4v) is 9.57. The summed E-state index contributed by atoms with van der Waals surface area (Å²) in [6, 6.07) is 0. The van der Waals surface area contributed by atoms with E-state index in [1.165, 1.54) is 0 Å². The molecule has 4 saturated carbocycles. The van der Waals surface area contributed by atoms with Gasteiger partial charge in [0, 0.05) is 6.42 Å². The number of fused-ring (bicyclic) bond motifs is 5. The number of aliphatic hydroxyl groups excluding tert-OH is 2. The predicted molar refractivity (Wildman–Crippen MR) is 118 cm³/mol. The summed E-state index contributed by atoms with van der Waals surface area (Å²) in [5.74, 6) is -4.65. The minimum Gasteiger partial charge on any atom is -0.477 e. The topological polar surface area (TPSA) is 77.8 Å². The van der Waals surface area contributed by atoms with Crippen molar-refractivity contribution in [2.45, 2.75) is 104 Å². The van der Waals surface area contributed by atoms with Gasteiger partial charge in [0.1, 0.15) is 0 Å². The van der Waals surface area contributed by atoms with Gasteiger partial charge in [-0.25, -0.2) is 4.79 Å². The maximum absolute atomic E-state index is 14.0. The summed E-state index contributed by atoms with van der Waals surface area (Å²) in [5.41, 5.74) is -0.0169. The van der Waals surface area contributed by atoms with Crippen LogP contribution in [-0.2, 0) is 4.79 Å². The first-order valence-electron chi connectivity index (χ1n) is 12.8. The van der Waals surface area contributed by atoms with Crippen LogP contribution >= 0.6 is 0 Å². The second kappa shape index (κ2) is 8.18. The number of rotatable bonds is 5. The quantitative estimate of drug-likeness (QED) is 0.520. The van der Waals surface area contributed by atoms with Gasteiger partial charge in [-0.1, -0.05) is 34.1 Å². The van der Waals surface area contributed by atoms with Crippen LogP contribution in [0.25, 0.3) is 0 Å². The molecule has 6 heteroatoms. The SMILES string of the molecule is CC[C@H]1[C@@H](O)[C@H]2C3CC[C@H]([C@H](C)CC(F)(F)C(=O)O)[C@@]3(C)CCC2[C@@]2(C)CC[C@@H](O)C[C@@H]12. The zero-order valence-electron chi connectivity index (χ0n) is 20.1. The van der Waals surface area contributed by atoms with Crippen molar-refractivity contribution in [3.63, 3.8) is 0 Å². The first-order chi connectivity index (χ1) is 14.9. The van der Waals surface area contributed by atoms with Gasteiger partial charge in [-0.3, -0.25) is 0 Å². The summed E-state index contributed by atoms with van der Waals surface area (Å²) in [7, 11) is 0. The van der Waals surface area contributed by atoms with Gasteiger partial charge in [0.2, 0.25) is 0 Å². The molecule has 0 aromatic carbocycles. The number of carboxylic acids is 1. The Morgan fingerprint density at radius 2 is 1.66 bits per heavy atom. The maximum atomic E-state index is 14.0. The lowest BCUT2D eigenvalue weighted by Gasteiger charge is -2.64. The minimum atomic E-state index is -3.69. The molecule has 32 heavy (non-hydrogen) atoms. The first kappa shape index (κ1) is 24.4. The average Bonchev–Trinajstić information content (AvgIpc) is 3.06. The van der Waals surface area contributed by atoms with E-state index in [2.05, 4.69) is 20.8 Å². The highest BCUT2D eigenvalue weighted by Crippen LogP contribution is 2.69. The number of carbonyl (C=O) groups is 1. The van der Waals surface area contributed by atoms with Crippen molar-refractivity contribution in [2.24, 2.45) is 52.3 Å². The van der Waals surface area contributed by atoms with Crippen LogP contribution in [0.5, 0.6) is 0 Å². The number of hydrogen-bond acceptors (Lipinski definition) is 3. The second-order valence-electron chi connectivity index (χ2n) is 12.3. The summed E-state index contributed by atoms with van der Waals surface area (Å²) in [6.07, 6.45) is 5.93. The van der Waals surface area contributed by atoms with Crippen LogP contribution < -0.4 is 0 Å². The largest absolute Gasteiger partial charge is 0.477 e. The third-order valence-electron chi connectivity index (χ3n) is 11.0. The Labute approximate surface area is 191 Å². The summed E-state index contributed by atoms with van der Waals surface area (Å²) in [4.78, 5) is 11.0. The zero-order chi connectivity index (χ0) is 23.6. The monoisotopic (exact) mass is 456 g/mol. The van der Waals surface area contributed by atoms with Crippen molar-refractivity contribution in [1.82, 2.24) is 0 Å². The smallest absolute Gasteiger partial charge is 0.374 e. The minimum absolute atomic E-state index is 0.0599. The Balaban J connectivity index is 1.62. The highest BCUT2D eigenvalue weighted by atomic mass is 19.3. The zero-order valence-corrected chi connectivity index (χ0v) is 20.1. The maximum Gasteiger partial charge on any atom is 0.374 e. The van der Waals surface area contributed by atoms with Gasteiger partial charge in [-0.2, -0.15) is 8.78 Å². The van der Waals surface area contributed by atoms with Crippen LogP contribution in [-0.4, -0.2) is 39.4 Å². The van der Waals surface area contributed by atoms with E-state index in [-0.39, 0.29) is 40.6 Å². The molecule has 4 aliphatic carbocycles. The fraction of sp³-hybridized carbons (Fsp3) is 0.962. The number of alkyl halides is 2. The van der Waals surface area contributed by atoms with Crippen LogP contribution in [0.4, 0.5) is 8.78 Å². The Bertz CT molecular complexity index is 729. The van der Waals surface area contributed by atoms with Crippen molar-refractivity contribution < 1.29 is 28.9 Å². The van der Waals surface area contributed by atoms with Gasteiger partial charge in [0.25, 0.3) is 0 Å². The highest BCUT2D eigenvalue weighted by molar-refractivity contribution is 5.75. The highest BCUT2D eigenvalue weighted by Gasteiger charge is 2.65. The molecule has 184 valence electrons. The molecule has 0 amide bonds. The fourth-order valence-electron chi connectivity index (χ4n) is 9.57. The van der Waals surface area contributed by atoms with Crippen molar-refractivity contribution in [3.8, 4) is 0 Å². The third-order valence-corrected chi connectivity index (χ3v) is 11.0. The number of halogens is 2. The molecule has 2 unspecified atom stereocenters. The molecule has 0 radical (unpaired) electrons. The van der Waals surface area contributed by atoms with Crippen LogP contribution in [0.2, 0.25) is 0 Å². The van der Waals surface area contributed by atoms with E-state index in [0.29, 0.717) is 17.8 Å². The standard InChI is InChI=1S/C26H42F2O4/c1-5-16-20-12-15(29)8-10-25(20,4)19-9-11-24(3)17(6-7-18(24)21(19)22(16)30)14(2)13-26(27,28)23(31)32/h14-22,29-30H,5-13H2,1-4H3,(H,31,32)/t14-,15-,16-,17-,18?,19?,20+,21+,22-,24-,25-/m1/s1. The van der Waals surface area contributed by atoms with Gasteiger partial charge in [0.15, 0.2) is 0 Å². The van der Waals surface area contributed by atoms with E-state index in [0.717, 1.165) is 51.4 Å². The number of carboxylic acid groups (broad SMARTS) is 1. The number of hydrogen-bond donors (Lipinski definition) is 3. The Morgan fingerprint density at radius 1 is 1.03 bits per heavy atom. The van der Waals surface area contributed by atoms with Gasteiger partial charge < -0.3 is 15.3 Å². The summed E-state index contributed by atoms with van der Waals surface area (Å²) in [6.45, 7) is 8.56. The summed E-state index contributed by atoms with van der Waals surface area (Å²) < 4.78 is 28.1. The van der Waals surface area contributed by atoms with Crippen molar-refractivity contribution >= 4 is 5.97 Å². The Kier molecular flexibility index (Phi) is 6.23. The normalized spacial score (nSPS) is 49.6.